The minimum atomic E-state index is -1.46. The van der Waals surface area contributed by atoms with E-state index in [0.29, 0.717) is 0 Å². The summed E-state index contributed by atoms with van der Waals surface area (Å²) in [5.74, 6) is -2.09. The van der Waals surface area contributed by atoms with Crippen molar-refractivity contribution in [1.82, 2.24) is 0 Å². The van der Waals surface area contributed by atoms with Crippen LogP contribution in [0.1, 0.15) is 32.6 Å². The van der Waals surface area contributed by atoms with Crippen molar-refractivity contribution in [3.05, 3.63) is 0 Å². The smallest absolute Gasteiger partial charge is 0.306 e. The summed E-state index contributed by atoms with van der Waals surface area (Å²) >= 11 is 0. The van der Waals surface area contributed by atoms with E-state index in [4.69, 9.17) is 15.9 Å². The lowest BCUT2D eigenvalue weighted by atomic mass is 10.1. The van der Waals surface area contributed by atoms with Crippen molar-refractivity contribution in [1.29, 1.82) is 0 Å². The van der Waals surface area contributed by atoms with E-state index < -0.39 is 11.9 Å². The van der Waals surface area contributed by atoms with Crippen molar-refractivity contribution in [2.45, 2.75) is 38.5 Å². The molecule has 1 unspecified atom stereocenters. The molecule has 5 heteroatoms. The number of nitrogens with two attached hydrogens (primary N) is 1. The van der Waals surface area contributed by atoms with Gasteiger partial charge in [0, 0.05) is 14.0 Å². The Morgan fingerprint density at radius 1 is 1.50 bits per heavy atom. The third-order valence-corrected chi connectivity index (χ3v) is 2.12. The van der Waals surface area contributed by atoms with Gasteiger partial charge in [0.05, 0.1) is 5.92 Å². The second kappa shape index (κ2) is 5.95. The molecule has 1 aliphatic carbocycles. The summed E-state index contributed by atoms with van der Waals surface area (Å²) < 4.78 is 4.27. The van der Waals surface area contributed by atoms with Crippen LogP contribution in [-0.2, 0) is 9.53 Å². The predicted molar refractivity (Wildman–Crippen MR) is 51.4 cm³/mol. The van der Waals surface area contributed by atoms with Crippen molar-refractivity contribution in [3.63, 3.8) is 0 Å². The van der Waals surface area contributed by atoms with Crippen LogP contribution in [0.25, 0.3) is 0 Å². The molecule has 0 aromatic rings. The van der Waals surface area contributed by atoms with Crippen LogP contribution in [0.5, 0.6) is 0 Å². The maximum atomic E-state index is 10.2. The number of aliphatic hydroxyl groups is 1. The Hall–Kier alpha value is -0.650. The Morgan fingerprint density at radius 3 is 2.00 bits per heavy atom. The molecular weight excluding hydrogens is 186 g/mol. The number of hydrogen-bond donors (Lipinski definition) is 3. The van der Waals surface area contributed by atoms with Crippen LogP contribution in [-0.4, -0.2) is 29.2 Å². The minimum absolute atomic E-state index is 0.0185. The fourth-order valence-electron chi connectivity index (χ4n) is 1.17. The minimum Gasteiger partial charge on any atom is -0.481 e. The quantitative estimate of drug-likeness (QED) is 0.571. The molecule has 4 N–H and O–H groups in total. The van der Waals surface area contributed by atoms with Gasteiger partial charge in [-0.05, 0) is 12.8 Å². The van der Waals surface area contributed by atoms with E-state index in [9.17, 15) is 4.79 Å². The van der Waals surface area contributed by atoms with Crippen molar-refractivity contribution < 1.29 is 19.7 Å². The molecule has 0 heterocycles. The highest BCUT2D eigenvalue weighted by Gasteiger charge is 2.20. The van der Waals surface area contributed by atoms with Gasteiger partial charge < -0.3 is 14.9 Å². The van der Waals surface area contributed by atoms with Gasteiger partial charge >= 0.3 is 5.97 Å². The van der Waals surface area contributed by atoms with Gasteiger partial charge in [-0.3, -0.25) is 10.5 Å². The lowest BCUT2D eigenvalue weighted by molar-refractivity contribution is -0.165. The largest absolute Gasteiger partial charge is 0.481 e. The third kappa shape index (κ3) is 6.82. The highest BCUT2D eigenvalue weighted by atomic mass is 16.6. The molecule has 0 saturated heterocycles. The van der Waals surface area contributed by atoms with E-state index in [1.807, 2.05) is 0 Å². The van der Waals surface area contributed by atoms with Crippen molar-refractivity contribution in [3.8, 4) is 0 Å². The number of carboxylic acids is 1. The molecule has 0 spiro atoms. The molecule has 14 heavy (non-hydrogen) atoms. The fraction of sp³-hybridized carbons (Fsp3) is 0.889. The number of rotatable bonds is 2. The molecular formula is C9H19NO4. The van der Waals surface area contributed by atoms with Gasteiger partial charge in [-0.25, -0.2) is 0 Å². The first-order chi connectivity index (χ1) is 6.37. The lowest BCUT2D eigenvalue weighted by Crippen LogP contribution is -2.37. The molecule has 0 amide bonds. The number of carbonyl (C=O) groups is 1. The molecule has 1 saturated carbocycles. The molecule has 0 aromatic carbocycles. The van der Waals surface area contributed by atoms with Crippen molar-refractivity contribution in [2.24, 2.45) is 11.7 Å². The van der Waals surface area contributed by atoms with Crippen molar-refractivity contribution >= 4 is 5.97 Å². The van der Waals surface area contributed by atoms with E-state index in [1.54, 1.807) is 0 Å². The summed E-state index contributed by atoms with van der Waals surface area (Å²) in [6.45, 7) is 1.35. The average molecular weight is 205 g/mol. The number of ether oxygens (including phenoxy) is 1. The van der Waals surface area contributed by atoms with Crippen LogP contribution in [0.2, 0.25) is 0 Å². The lowest BCUT2D eigenvalue weighted by Gasteiger charge is -2.12. The molecule has 0 aliphatic heterocycles. The van der Waals surface area contributed by atoms with E-state index in [-0.39, 0.29) is 5.92 Å². The zero-order valence-electron chi connectivity index (χ0n) is 8.69. The topological polar surface area (TPSA) is 92.8 Å². The summed E-state index contributed by atoms with van der Waals surface area (Å²) in [7, 11) is 1.33. The SMILES string of the molecule is COC(C)(N)O.O=C(O)C1CCCC1. The molecule has 0 radical (unpaired) electrons. The summed E-state index contributed by atoms with van der Waals surface area (Å²) in [4.78, 5) is 10.2. The zero-order valence-corrected chi connectivity index (χ0v) is 8.69. The number of carboxylic acid groups (broad SMARTS) is 1. The third-order valence-electron chi connectivity index (χ3n) is 2.12. The molecule has 0 aromatic heterocycles. The van der Waals surface area contributed by atoms with Gasteiger partial charge in [0.25, 0.3) is 0 Å². The Kier molecular flexibility index (Phi) is 5.68. The monoisotopic (exact) mass is 205 g/mol. The Bertz CT molecular complexity index is 170. The number of aliphatic carboxylic acids is 1. The fourth-order valence-corrected chi connectivity index (χ4v) is 1.17. The van der Waals surface area contributed by atoms with Crippen LogP contribution in [0.15, 0.2) is 0 Å². The molecule has 1 fully saturated rings. The van der Waals surface area contributed by atoms with Gasteiger partial charge in [0.2, 0.25) is 5.91 Å². The predicted octanol–water partition coefficient (Wildman–Crippen LogP) is 0.519. The van der Waals surface area contributed by atoms with Crippen LogP contribution in [0, 0.1) is 5.92 Å². The van der Waals surface area contributed by atoms with Gasteiger partial charge in [0.15, 0.2) is 0 Å². The van der Waals surface area contributed by atoms with Gasteiger partial charge in [-0.1, -0.05) is 12.8 Å². The average Bonchev–Trinajstić information content (AvgIpc) is 2.56. The van der Waals surface area contributed by atoms with Crippen LogP contribution >= 0.6 is 0 Å². The standard InChI is InChI=1S/C6H10O2.C3H9NO2/c7-6(8)5-3-1-2-4-5;1-3(4,5)6-2/h5H,1-4H2,(H,7,8);5H,4H2,1-2H3. The van der Waals surface area contributed by atoms with Gasteiger partial charge in [0.1, 0.15) is 0 Å². The molecule has 84 valence electrons. The maximum absolute atomic E-state index is 10.2. The summed E-state index contributed by atoms with van der Waals surface area (Å²) in [6, 6.07) is 0. The first-order valence-electron chi connectivity index (χ1n) is 4.66. The molecule has 0 bridgehead atoms. The van der Waals surface area contributed by atoms with E-state index >= 15 is 0 Å². The summed E-state index contributed by atoms with van der Waals surface area (Å²) in [5, 5.41) is 16.8. The molecule has 5 nitrogen and oxygen atoms in total. The zero-order chi connectivity index (χ0) is 11.2. The second-order valence-electron chi connectivity index (χ2n) is 3.58. The highest BCUT2D eigenvalue weighted by Crippen LogP contribution is 2.24. The Labute approximate surface area is 83.9 Å². The summed E-state index contributed by atoms with van der Waals surface area (Å²) in [6.07, 6.45) is 4.01. The Morgan fingerprint density at radius 2 is 1.86 bits per heavy atom. The van der Waals surface area contributed by atoms with Gasteiger partial charge in [-0.15, -0.1) is 0 Å². The first kappa shape index (κ1) is 13.4. The molecule has 1 rings (SSSR count). The number of hydrogen-bond acceptors (Lipinski definition) is 4. The van der Waals surface area contributed by atoms with E-state index in [2.05, 4.69) is 4.74 Å². The molecule has 1 aliphatic rings. The van der Waals surface area contributed by atoms with Crippen LogP contribution in [0.4, 0.5) is 0 Å². The van der Waals surface area contributed by atoms with E-state index in [1.165, 1.54) is 14.0 Å². The maximum Gasteiger partial charge on any atom is 0.306 e. The summed E-state index contributed by atoms with van der Waals surface area (Å²) in [5.41, 5.74) is 4.87. The van der Waals surface area contributed by atoms with Crippen LogP contribution < -0.4 is 5.73 Å². The van der Waals surface area contributed by atoms with Crippen LogP contribution in [0.3, 0.4) is 0 Å². The first-order valence-corrected chi connectivity index (χ1v) is 4.66. The molecule has 1 atom stereocenters. The Balaban J connectivity index is 0.000000255. The highest BCUT2D eigenvalue weighted by molar-refractivity contribution is 5.70. The van der Waals surface area contributed by atoms with E-state index in [0.717, 1.165) is 25.7 Å². The van der Waals surface area contributed by atoms with Gasteiger partial charge in [-0.2, -0.15) is 0 Å². The number of methoxy groups -OCH3 is 1. The van der Waals surface area contributed by atoms with Crippen molar-refractivity contribution in [2.75, 3.05) is 7.11 Å². The normalized spacial score (nSPS) is 20.9. The second-order valence-corrected chi connectivity index (χ2v) is 3.58.